The molecular formula is C14H13NO5S. The van der Waals surface area contributed by atoms with Crippen molar-refractivity contribution in [3.63, 3.8) is 0 Å². The maximum atomic E-state index is 11.4. The summed E-state index contributed by atoms with van der Waals surface area (Å²) in [5.74, 6) is -0.673. The summed E-state index contributed by atoms with van der Waals surface area (Å²) in [6.45, 7) is 0.306. The third-order valence-corrected chi connectivity index (χ3v) is 3.41. The largest absolute Gasteiger partial charge is 0.494 e. The first-order valence-corrected chi connectivity index (χ1v) is 7.06. The molecule has 2 amide bonds. The van der Waals surface area contributed by atoms with Crippen LogP contribution in [0, 0.1) is 0 Å². The summed E-state index contributed by atoms with van der Waals surface area (Å²) in [6, 6.07) is 7.02. The Labute approximate surface area is 125 Å². The first kappa shape index (κ1) is 15.1. The van der Waals surface area contributed by atoms with Gasteiger partial charge in [-0.25, -0.2) is 0 Å². The summed E-state index contributed by atoms with van der Waals surface area (Å²) in [7, 11) is 0. The summed E-state index contributed by atoms with van der Waals surface area (Å²) in [6.07, 6.45) is 2.09. The summed E-state index contributed by atoms with van der Waals surface area (Å²) >= 11 is 0.854. The molecule has 1 aromatic carbocycles. The first-order valence-electron chi connectivity index (χ1n) is 6.24. The van der Waals surface area contributed by atoms with Crippen molar-refractivity contribution in [2.75, 3.05) is 6.61 Å². The number of aliphatic carboxylic acids is 1. The number of amides is 2. The fourth-order valence-corrected chi connectivity index (χ4v) is 2.36. The first-order chi connectivity index (χ1) is 10.0. The van der Waals surface area contributed by atoms with E-state index in [2.05, 4.69) is 5.32 Å². The van der Waals surface area contributed by atoms with Gasteiger partial charge >= 0.3 is 5.97 Å². The van der Waals surface area contributed by atoms with Crippen molar-refractivity contribution in [3.05, 3.63) is 34.7 Å². The number of carboxylic acids is 1. The molecule has 1 aliphatic rings. The molecule has 21 heavy (non-hydrogen) atoms. The van der Waals surface area contributed by atoms with Crippen molar-refractivity contribution in [1.82, 2.24) is 5.32 Å². The monoisotopic (exact) mass is 307 g/mol. The lowest BCUT2D eigenvalue weighted by atomic mass is 10.2. The van der Waals surface area contributed by atoms with Crippen molar-refractivity contribution >= 4 is 35.0 Å². The minimum absolute atomic E-state index is 0.0582. The number of thioether (sulfide) groups is 1. The lowest BCUT2D eigenvalue weighted by Gasteiger charge is -2.06. The summed E-state index contributed by atoms with van der Waals surface area (Å²) in [5, 5.41) is 10.3. The molecule has 0 radical (unpaired) electrons. The molecule has 0 aromatic heterocycles. The molecular weight excluding hydrogens is 294 g/mol. The van der Waals surface area contributed by atoms with Gasteiger partial charge in [-0.05, 0) is 42.0 Å². The highest BCUT2D eigenvalue weighted by Gasteiger charge is 2.24. The smallest absolute Gasteiger partial charge is 0.303 e. The van der Waals surface area contributed by atoms with Crippen LogP contribution in [0.4, 0.5) is 4.79 Å². The van der Waals surface area contributed by atoms with Gasteiger partial charge in [-0.2, -0.15) is 0 Å². The van der Waals surface area contributed by atoms with E-state index in [4.69, 9.17) is 9.84 Å². The predicted octanol–water partition coefficient (Wildman–Crippen LogP) is 2.25. The van der Waals surface area contributed by atoms with Gasteiger partial charge < -0.3 is 9.84 Å². The number of nitrogens with one attached hydrogen (secondary N) is 1. The second-order valence-electron chi connectivity index (χ2n) is 4.27. The number of hydrogen-bond donors (Lipinski definition) is 2. The van der Waals surface area contributed by atoms with Crippen molar-refractivity contribution in [3.8, 4) is 5.75 Å². The molecule has 110 valence electrons. The Morgan fingerprint density at radius 3 is 2.86 bits per heavy atom. The van der Waals surface area contributed by atoms with E-state index in [-0.39, 0.29) is 11.7 Å². The van der Waals surface area contributed by atoms with E-state index in [1.807, 2.05) is 0 Å². The highest BCUT2D eigenvalue weighted by atomic mass is 32.2. The minimum atomic E-state index is -0.856. The van der Waals surface area contributed by atoms with Crippen LogP contribution in [0.25, 0.3) is 6.08 Å². The standard InChI is InChI=1S/C14H13NO5S/c16-12(17)5-2-6-20-10-4-1-3-9(7-10)8-11-13(18)15-14(19)21-11/h1,3-4,7-8H,2,5-6H2,(H,16,17)(H,15,18,19). The molecule has 0 aliphatic carbocycles. The molecule has 2 N–H and O–H groups in total. The van der Waals surface area contributed by atoms with Gasteiger partial charge in [-0.1, -0.05) is 12.1 Å². The topological polar surface area (TPSA) is 92.7 Å². The number of rotatable bonds is 6. The van der Waals surface area contributed by atoms with Gasteiger partial charge in [0.2, 0.25) is 0 Å². The van der Waals surface area contributed by atoms with E-state index in [1.54, 1.807) is 30.3 Å². The third kappa shape index (κ3) is 4.64. The van der Waals surface area contributed by atoms with Gasteiger partial charge in [0, 0.05) is 6.42 Å². The molecule has 0 unspecified atom stereocenters. The Morgan fingerprint density at radius 1 is 1.38 bits per heavy atom. The molecule has 0 atom stereocenters. The second-order valence-corrected chi connectivity index (χ2v) is 5.29. The zero-order valence-corrected chi connectivity index (χ0v) is 11.8. The summed E-state index contributed by atoms with van der Waals surface area (Å²) < 4.78 is 5.44. The van der Waals surface area contributed by atoms with Crippen molar-refractivity contribution in [2.45, 2.75) is 12.8 Å². The predicted molar refractivity (Wildman–Crippen MR) is 77.9 cm³/mol. The summed E-state index contributed by atoms with van der Waals surface area (Å²) in [4.78, 5) is 33.2. The number of benzene rings is 1. The molecule has 1 aromatic rings. The third-order valence-electron chi connectivity index (χ3n) is 2.60. The Hall–Kier alpha value is -2.28. The van der Waals surface area contributed by atoms with Crippen molar-refractivity contribution in [2.24, 2.45) is 0 Å². The van der Waals surface area contributed by atoms with Crippen LogP contribution >= 0.6 is 11.8 Å². The van der Waals surface area contributed by atoms with E-state index in [9.17, 15) is 14.4 Å². The molecule has 0 saturated carbocycles. The zero-order chi connectivity index (χ0) is 15.2. The number of carbonyl (C=O) groups excluding carboxylic acids is 2. The number of ether oxygens (including phenoxy) is 1. The number of carboxylic acid groups (broad SMARTS) is 1. The maximum absolute atomic E-state index is 11.4. The molecule has 6 nitrogen and oxygen atoms in total. The SMILES string of the molecule is O=C(O)CCCOc1cccc(C=C2SC(=O)NC2=O)c1. The number of imide groups is 1. The van der Waals surface area contributed by atoms with Crippen LogP contribution in [0.5, 0.6) is 5.75 Å². The van der Waals surface area contributed by atoms with E-state index >= 15 is 0 Å². The fourth-order valence-electron chi connectivity index (χ4n) is 1.68. The molecule has 1 saturated heterocycles. The molecule has 1 heterocycles. The molecule has 2 rings (SSSR count). The van der Waals surface area contributed by atoms with Gasteiger partial charge in [-0.15, -0.1) is 0 Å². The number of carbonyl (C=O) groups is 3. The van der Waals surface area contributed by atoms with Gasteiger partial charge in [0.25, 0.3) is 11.1 Å². The Kier molecular flexibility index (Phi) is 4.99. The van der Waals surface area contributed by atoms with Crippen LogP contribution in [0.2, 0.25) is 0 Å². The highest BCUT2D eigenvalue weighted by Crippen LogP contribution is 2.26. The van der Waals surface area contributed by atoms with Crippen LogP contribution in [0.3, 0.4) is 0 Å². The van der Waals surface area contributed by atoms with E-state index in [1.165, 1.54) is 0 Å². The Bertz CT molecular complexity index is 611. The normalized spacial score (nSPS) is 16.1. The molecule has 1 fully saturated rings. The molecule has 0 spiro atoms. The van der Waals surface area contributed by atoms with Crippen LogP contribution < -0.4 is 10.1 Å². The van der Waals surface area contributed by atoms with E-state index in [0.29, 0.717) is 23.7 Å². The van der Waals surface area contributed by atoms with Gasteiger partial charge in [0.15, 0.2) is 0 Å². The van der Waals surface area contributed by atoms with Crippen LogP contribution in [0.1, 0.15) is 18.4 Å². The highest BCUT2D eigenvalue weighted by molar-refractivity contribution is 8.18. The Morgan fingerprint density at radius 2 is 2.19 bits per heavy atom. The minimum Gasteiger partial charge on any atom is -0.494 e. The zero-order valence-electron chi connectivity index (χ0n) is 11.0. The lowest BCUT2D eigenvalue weighted by molar-refractivity contribution is -0.137. The van der Waals surface area contributed by atoms with Crippen molar-refractivity contribution in [1.29, 1.82) is 0 Å². The van der Waals surface area contributed by atoms with Crippen LogP contribution in [-0.4, -0.2) is 28.8 Å². The van der Waals surface area contributed by atoms with Gasteiger partial charge in [0.05, 0.1) is 11.5 Å². The van der Waals surface area contributed by atoms with E-state index in [0.717, 1.165) is 17.3 Å². The molecule has 1 aliphatic heterocycles. The van der Waals surface area contributed by atoms with Crippen molar-refractivity contribution < 1.29 is 24.2 Å². The van der Waals surface area contributed by atoms with Gasteiger partial charge in [0.1, 0.15) is 5.75 Å². The Balaban J connectivity index is 1.98. The quantitative estimate of drug-likeness (QED) is 0.618. The molecule has 7 heteroatoms. The summed E-state index contributed by atoms with van der Waals surface area (Å²) in [5.41, 5.74) is 0.734. The second kappa shape index (κ2) is 6.94. The molecule has 0 bridgehead atoms. The number of hydrogen-bond acceptors (Lipinski definition) is 5. The average Bonchev–Trinajstić information content (AvgIpc) is 2.73. The average molecular weight is 307 g/mol. The van der Waals surface area contributed by atoms with Crippen LogP contribution in [-0.2, 0) is 9.59 Å². The maximum Gasteiger partial charge on any atom is 0.303 e. The van der Waals surface area contributed by atoms with Gasteiger partial charge in [-0.3, -0.25) is 19.7 Å². The fraction of sp³-hybridized carbons (Fsp3) is 0.214. The van der Waals surface area contributed by atoms with E-state index < -0.39 is 11.9 Å². The lowest BCUT2D eigenvalue weighted by Crippen LogP contribution is -2.17. The van der Waals surface area contributed by atoms with Crippen LogP contribution in [0.15, 0.2) is 29.2 Å².